The van der Waals surface area contributed by atoms with Gasteiger partial charge < -0.3 is 19.9 Å². The van der Waals surface area contributed by atoms with E-state index in [9.17, 15) is 0 Å². The lowest BCUT2D eigenvalue weighted by atomic mass is 10.1. The predicted octanol–water partition coefficient (Wildman–Crippen LogP) is 0.571. The second-order valence-electron chi connectivity index (χ2n) is 5.03. The Hall–Kier alpha value is -1.30. The molecule has 0 spiro atoms. The smallest absolute Gasteiger partial charge is 0.231 e. The minimum Gasteiger partial charge on any atom is -0.454 e. The Kier molecular flexibility index (Phi) is 3.87. The summed E-state index contributed by atoms with van der Waals surface area (Å²) in [4.78, 5) is 2.42. The van der Waals surface area contributed by atoms with Gasteiger partial charge in [-0.25, -0.2) is 0 Å². The predicted molar refractivity (Wildman–Crippen MR) is 71.3 cm³/mol. The first-order valence-corrected chi connectivity index (χ1v) is 6.81. The molecule has 0 aliphatic carbocycles. The Bertz CT molecular complexity index is 437. The number of aliphatic hydroxyl groups excluding tert-OH is 1. The Balaban J connectivity index is 1.69. The van der Waals surface area contributed by atoms with Crippen molar-refractivity contribution < 1.29 is 14.6 Å². The van der Waals surface area contributed by atoms with E-state index in [-0.39, 0.29) is 6.61 Å². The minimum atomic E-state index is 0.240. The summed E-state index contributed by atoms with van der Waals surface area (Å²) in [5.41, 5.74) is 1.23. The lowest BCUT2D eigenvalue weighted by Crippen LogP contribution is -2.51. The first kappa shape index (κ1) is 12.7. The molecule has 19 heavy (non-hydrogen) atoms. The molecule has 0 saturated carbocycles. The van der Waals surface area contributed by atoms with Gasteiger partial charge >= 0.3 is 0 Å². The van der Waals surface area contributed by atoms with Crippen LogP contribution in [-0.4, -0.2) is 49.1 Å². The molecule has 2 N–H and O–H groups in total. The fourth-order valence-electron chi connectivity index (χ4n) is 2.72. The highest BCUT2D eigenvalue weighted by molar-refractivity contribution is 5.44. The van der Waals surface area contributed by atoms with Gasteiger partial charge in [-0.2, -0.15) is 0 Å². The van der Waals surface area contributed by atoms with E-state index in [0.29, 0.717) is 12.8 Å². The molecule has 0 amide bonds. The zero-order chi connectivity index (χ0) is 13.1. The second-order valence-corrected chi connectivity index (χ2v) is 5.03. The molecule has 1 aromatic rings. The van der Waals surface area contributed by atoms with Crippen molar-refractivity contribution in [1.29, 1.82) is 0 Å². The third-order valence-electron chi connectivity index (χ3n) is 3.76. The fraction of sp³-hybridized carbons (Fsp3) is 0.571. The largest absolute Gasteiger partial charge is 0.454 e. The number of hydrogen-bond acceptors (Lipinski definition) is 5. The molecule has 3 rings (SSSR count). The Morgan fingerprint density at radius 1 is 1.32 bits per heavy atom. The summed E-state index contributed by atoms with van der Waals surface area (Å²) in [7, 11) is 0. The molecule has 0 bridgehead atoms. The maximum Gasteiger partial charge on any atom is 0.231 e. The monoisotopic (exact) mass is 264 g/mol. The molecular weight excluding hydrogens is 244 g/mol. The van der Waals surface area contributed by atoms with Crippen LogP contribution in [0.1, 0.15) is 12.0 Å². The number of fused-ring (bicyclic) bond motifs is 1. The summed E-state index contributed by atoms with van der Waals surface area (Å²) in [6, 6.07) is 6.52. The standard InChI is InChI=1S/C14H20N2O3/c17-6-3-12-8-15-4-5-16(12)9-11-1-2-13-14(7-11)19-10-18-13/h1-2,7,12,15,17H,3-6,8-10H2. The van der Waals surface area contributed by atoms with Crippen LogP contribution in [0.25, 0.3) is 0 Å². The maximum atomic E-state index is 9.14. The van der Waals surface area contributed by atoms with Crippen LogP contribution in [0.5, 0.6) is 11.5 Å². The van der Waals surface area contributed by atoms with Gasteiger partial charge in [-0.1, -0.05) is 6.07 Å². The van der Waals surface area contributed by atoms with E-state index < -0.39 is 0 Å². The lowest BCUT2D eigenvalue weighted by Gasteiger charge is -2.36. The van der Waals surface area contributed by atoms with E-state index >= 15 is 0 Å². The van der Waals surface area contributed by atoms with Crippen molar-refractivity contribution >= 4 is 0 Å². The van der Waals surface area contributed by atoms with E-state index in [0.717, 1.165) is 44.1 Å². The van der Waals surface area contributed by atoms with Crippen LogP contribution < -0.4 is 14.8 Å². The van der Waals surface area contributed by atoms with Crippen molar-refractivity contribution in [2.75, 3.05) is 33.0 Å². The molecular formula is C14H20N2O3. The van der Waals surface area contributed by atoms with E-state index in [4.69, 9.17) is 14.6 Å². The SMILES string of the molecule is OCCC1CNCCN1Cc1ccc2c(c1)OCO2. The molecule has 5 nitrogen and oxygen atoms in total. The Labute approximate surface area is 113 Å². The molecule has 2 aliphatic heterocycles. The van der Waals surface area contributed by atoms with E-state index in [2.05, 4.69) is 22.3 Å². The van der Waals surface area contributed by atoms with Gasteiger partial charge in [-0.3, -0.25) is 4.90 Å². The van der Waals surface area contributed by atoms with Crippen LogP contribution in [0.2, 0.25) is 0 Å². The number of nitrogens with one attached hydrogen (secondary N) is 1. The third kappa shape index (κ3) is 2.83. The van der Waals surface area contributed by atoms with E-state index in [1.54, 1.807) is 0 Å². The summed E-state index contributed by atoms with van der Waals surface area (Å²) in [6.45, 7) is 4.42. The summed E-state index contributed by atoms with van der Waals surface area (Å²) in [5.74, 6) is 1.67. The Morgan fingerprint density at radius 3 is 3.11 bits per heavy atom. The number of nitrogens with zero attached hydrogens (tertiary/aromatic N) is 1. The molecule has 0 aromatic heterocycles. The number of benzene rings is 1. The van der Waals surface area contributed by atoms with Crippen LogP contribution in [-0.2, 0) is 6.54 Å². The summed E-state index contributed by atoms with van der Waals surface area (Å²) < 4.78 is 10.7. The highest BCUT2D eigenvalue weighted by Crippen LogP contribution is 2.33. The summed E-state index contributed by atoms with van der Waals surface area (Å²) >= 11 is 0. The van der Waals surface area contributed by atoms with Crippen molar-refractivity contribution in [1.82, 2.24) is 10.2 Å². The molecule has 1 aromatic carbocycles. The molecule has 1 unspecified atom stereocenters. The van der Waals surface area contributed by atoms with E-state index in [1.807, 2.05) is 6.07 Å². The average Bonchev–Trinajstić information content (AvgIpc) is 2.89. The van der Waals surface area contributed by atoms with Crippen molar-refractivity contribution in [3.8, 4) is 11.5 Å². The van der Waals surface area contributed by atoms with Crippen molar-refractivity contribution in [2.45, 2.75) is 19.0 Å². The van der Waals surface area contributed by atoms with Crippen LogP contribution in [0.4, 0.5) is 0 Å². The average molecular weight is 264 g/mol. The molecule has 1 atom stereocenters. The zero-order valence-corrected chi connectivity index (χ0v) is 11.0. The van der Waals surface area contributed by atoms with Gasteiger partial charge in [0, 0.05) is 38.8 Å². The van der Waals surface area contributed by atoms with Crippen LogP contribution >= 0.6 is 0 Å². The van der Waals surface area contributed by atoms with Gasteiger partial charge in [0.2, 0.25) is 6.79 Å². The first-order valence-electron chi connectivity index (χ1n) is 6.81. The zero-order valence-electron chi connectivity index (χ0n) is 11.0. The minimum absolute atomic E-state index is 0.240. The van der Waals surface area contributed by atoms with Crippen molar-refractivity contribution in [3.63, 3.8) is 0 Å². The van der Waals surface area contributed by atoms with Crippen molar-refractivity contribution in [3.05, 3.63) is 23.8 Å². The van der Waals surface area contributed by atoms with Crippen LogP contribution in [0, 0.1) is 0 Å². The second kappa shape index (κ2) is 5.77. The normalized spacial score (nSPS) is 22.7. The fourth-order valence-corrected chi connectivity index (χ4v) is 2.72. The summed E-state index contributed by atoms with van der Waals surface area (Å²) in [6.07, 6.45) is 0.817. The number of ether oxygens (including phenoxy) is 2. The van der Waals surface area contributed by atoms with Gasteiger partial charge in [-0.15, -0.1) is 0 Å². The number of aliphatic hydroxyl groups is 1. The van der Waals surface area contributed by atoms with Gasteiger partial charge in [0.15, 0.2) is 11.5 Å². The van der Waals surface area contributed by atoms with Gasteiger partial charge in [-0.05, 0) is 24.1 Å². The lowest BCUT2D eigenvalue weighted by molar-refractivity contribution is 0.123. The van der Waals surface area contributed by atoms with Crippen LogP contribution in [0.3, 0.4) is 0 Å². The third-order valence-corrected chi connectivity index (χ3v) is 3.76. The maximum absolute atomic E-state index is 9.14. The van der Waals surface area contributed by atoms with Crippen LogP contribution in [0.15, 0.2) is 18.2 Å². The summed E-state index contributed by atoms with van der Waals surface area (Å²) in [5, 5.41) is 12.5. The molecule has 0 radical (unpaired) electrons. The molecule has 2 heterocycles. The van der Waals surface area contributed by atoms with Gasteiger partial charge in [0.05, 0.1) is 0 Å². The quantitative estimate of drug-likeness (QED) is 0.833. The Morgan fingerprint density at radius 2 is 2.21 bits per heavy atom. The van der Waals surface area contributed by atoms with Crippen molar-refractivity contribution in [2.24, 2.45) is 0 Å². The number of hydrogen-bond donors (Lipinski definition) is 2. The topological polar surface area (TPSA) is 54.0 Å². The molecule has 1 saturated heterocycles. The van der Waals surface area contributed by atoms with Gasteiger partial charge in [0.25, 0.3) is 0 Å². The van der Waals surface area contributed by atoms with E-state index in [1.165, 1.54) is 5.56 Å². The molecule has 2 aliphatic rings. The molecule has 5 heteroatoms. The number of piperazine rings is 1. The first-order chi connectivity index (χ1) is 9.36. The highest BCUT2D eigenvalue weighted by atomic mass is 16.7. The highest BCUT2D eigenvalue weighted by Gasteiger charge is 2.22. The molecule has 104 valence electrons. The molecule has 1 fully saturated rings. The number of rotatable bonds is 4. The van der Waals surface area contributed by atoms with Gasteiger partial charge in [0.1, 0.15) is 0 Å².